The molecule has 0 unspecified atom stereocenters. The lowest BCUT2D eigenvalue weighted by Gasteiger charge is -2.16. The fourth-order valence-electron chi connectivity index (χ4n) is 1.46. The first-order chi connectivity index (χ1) is 8.54. The molecule has 0 aliphatic heterocycles. The number of para-hydroxylation sites is 1. The Labute approximate surface area is 116 Å². The van der Waals surface area contributed by atoms with E-state index < -0.39 is 0 Å². The maximum Gasteiger partial charge on any atom is 0.238 e. The van der Waals surface area contributed by atoms with Gasteiger partial charge in [-0.3, -0.25) is 9.69 Å². The van der Waals surface area contributed by atoms with Crippen molar-refractivity contribution in [2.75, 3.05) is 32.1 Å². The number of rotatable bonds is 6. The number of anilines is 1. The molecule has 0 aromatic heterocycles. The van der Waals surface area contributed by atoms with Crippen molar-refractivity contribution in [1.29, 1.82) is 0 Å². The summed E-state index contributed by atoms with van der Waals surface area (Å²) in [7, 11) is 1.81. The van der Waals surface area contributed by atoms with Crippen LogP contribution in [0.5, 0.6) is 0 Å². The number of nitrogens with zero attached hydrogens (tertiary/aromatic N) is 1. The van der Waals surface area contributed by atoms with Crippen molar-refractivity contribution in [3.63, 3.8) is 0 Å². The minimum absolute atomic E-state index is 0.113. The second kappa shape index (κ2) is 7.59. The Morgan fingerprint density at radius 1 is 1.39 bits per heavy atom. The third-order valence-electron chi connectivity index (χ3n) is 2.34. The van der Waals surface area contributed by atoms with Crippen LogP contribution in [-0.2, 0) is 4.79 Å². The number of aliphatic hydroxyl groups excluding tert-OH is 1. The van der Waals surface area contributed by atoms with Gasteiger partial charge in [0.2, 0.25) is 5.91 Å². The smallest absolute Gasteiger partial charge is 0.238 e. The average molecular weight is 291 g/mol. The number of nitrogens with one attached hydrogen (secondary N) is 1. The van der Waals surface area contributed by atoms with E-state index in [9.17, 15) is 4.79 Å². The van der Waals surface area contributed by atoms with Gasteiger partial charge in [0, 0.05) is 13.2 Å². The third-order valence-corrected chi connectivity index (χ3v) is 2.97. The van der Waals surface area contributed by atoms with Crippen molar-refractivity contribution in [3.8, 4) is 0 Å². The first kappa shape index (κ1) is 15.2. The summed E-state index contributed by atoms with van der Waals surface area (Å²) < 4.78 is 0. The van der Waals surface area contributed by atoms with E-state index in [1.54, 1.807) is 18.2 Å². The summed E-state index contributed by atoms with van der Waals surface area (Å²) in [5, 5.41) is 12.2. The van der Waals surface area contributed by atoms with E-state index in [2.05, 4.69) is 5.32 Å². The van der Waals surface area contributed by atoms with Gasteiger partial charge in [-0.1, -0.05) is 29.3 Å². The van der Waals surface area contributed by atoms with Gasteiger partial charge in [-0.05, 0) is 25.6 Å². The maximum absolute atomic E-state index is 11.8. The fourth-order valence-corrected chi connectivity index (χ4v) is 1.95. The first-order valence-electron chi connectivity index (χ1n) is 5.58. The quantitative estimate of drug-likeness (QED) is 0.845. The van der Waals surface area contributed by atoms with Crippen LogP contribution in [0.25, 0.3) is 0 Å². The highest BCUT2D eigenvalue weighted by atomic mass is 35.5. The highest BCUT2D eigenvalue weighted by molar-refractivity contribution is 6.39. The Morgan fingerprint density at radius 2 is 2.00 bits per heavy atom. The van der Waals surface area contributed by atoms with Gasteiger partial charge in [0.1, 0.15) is 0 Å². The zero-order valence-electron chi connectivity index (χ0n) is 10.1. The molecule has 1 amide bonds. The predicted octanol–water partition coefficient (Wildman–Crippen LogP) is 2.25. The van der Waals surface area contributed by atoms with Crippen LogP contribution in [0.1, 0.15) is 6.42 Å². The molecule has 0 aliphatic carbocycles. The monoisotopic (exact) mass is 290 g/mol. The standard InChI is InChI=1S/C12H16Cl2N2O2/c1-16(6-3-7-17)8-11(18)15-12-9(13)4-2-5-10(12)14/h2,4-5,17H,3,6-8H2,1H3,(H,15,18). The summed E-state index contributed by atoms with van der Waals surface area (Å²) in [6, 6.07) is 5.05. The zero-order valence-corrected chi connectivity index (χ0v) is 11.6. The number of aliphatic hydroxyl groups is 1. The summed E-state index contributed by atoms with van der Waals surface area (Å²) in [5.41, 5.74) is 0.432. The van der Waals surface area contributed by atoms with Crippen LogP contribution in [0.4, 0.5) is 5.69 Å². The number of hydrogen-bond donors (Lipinski definition) is 2. The summed E-state index contributed by atoms with van der Waals surface area (Å²) in [6.45, 7) is 0.990. The lowest BCUT2D eigenvalue weighted by atomic mass is 10.3. The first-order valence-corrected chi connectivity index (χ1v) is 6.33. The van der Waals surface area contributed by atoms with Gasteiger partial charge in [0.25, 0.3) is 0 Å². The molecule has 2 N–H and O–H groups in total. The highest BCUT2D eigenvalue weighted by Crippen LogP contribution is 2.29. The molecule has 18 heavy (non-hydrogen) atoms. The molecule has 1 aromatic rings. The third kappa shape index (κ3) is 4.82. The number of carbonyl (C=O) groups excluding carboxylic acids is 1. The van der Waals surface area contributed by atoms with E-state index in [1.165, 1.54) is 0 Å². The van der Waals surface area contributed by atoms with Gasteiger partial charge in [-0.25, -0.2) is 0 Å². The number of carbonyl (C=O) groups is 1. The van der Waals surface area contributed by atoms with Crippen LogP contribution in [0.15, 0.2) is 18.2 Å². The van der Waals surface area contributed by atoms with Gasteiger partial charge in [0.15, 0.2) is 0 Å². The van der Waals surface area contributed by atoms with E-state index in [4.69, 9.17) is 28.3 Å². The molecule has 0 bridgehead atoms. The predicted molar refractivity (Wildman–Crippen MR) is 74.3 cm³/mol. The van der Waals surface area contributed by atoms with Crippen LogP contribution in [0.3, 0.4) is 0 Å². The lowest BCUT2D eigenvalue weighted by Crippen LogP contribution is -2.31. The van der Waals surface area contributed by atoms with E-state index >= 15 is 0 Å². The van der Waals surface area contributed by atoms with Crippen molar-refractivity contribution in [2.24, 2.45) is 0 Å². The normalized spacial score (nSPS) is 10.7. The van der Waals surface area contributed by atoms with Crippen LogP contribution >= 0.6 is 23.2 Å². The van der Waals surface area contributed by atoms with Gasteiger partial charge in [0.05, 0.1) is 22.3 Å². The minimum atomic E-state index is -0.189. The lowest BCUT2D eigenvalue weighted by molar-refractivity contribution is -0.117. The van der Waals surface area contributed by atoms with E-state index in [0.29, 0.717) is 28.7 Å². The van der Waals surface area contributed by atoms with Crippen LogP contribution < -0.4 is 5.32 Å². The van der Waals surface area contributed by atoms with Gasteiger partial charge >= 0.3 is 0 Å². The van der Waals surface area contributed by atoms with Crippen molar-refractivity contribution in [3.05, 3.63) is 28.2 Å². The fraction of sp³-hybridized carbons (Fsp3) is 0.417. The van der Waals surface area contributed by atoms with Crippen LogP contribution in [0.2, 0.25) is 10.0 Å². The molecule has 0 atom stereocenters. The number of benzene rings is 1. The summed E-state index contributed by atoms with van der Waals surface area (Å²) in [4.78, 5) is 13.6. The molecule has 0 aliphatic rings. The molecule has 1 rings (SSSR count). The van der Waals surface area contributed by atoms with E-state index in [-0.39, 0.29) is 19.1 Å². The van der Waals surface area contributed by atoms with E-state index in [1.807, 2.05) is 11.9 Å². The number of hydrogen-bond acceptors (Lipinski definition) is 3. The maximum atomic E-state index is 11.8. The Kier molecular flexibility index (Phi) is 6.43. The molecular weight excluding hydrogens is 275 g/mol. The molecule has 100 valence electrons. The second-order valence-electron chi connectivity index (χ2n) is 3.96. The van der Waals surface area contributed by atoms with Crippen molar-refractivity contribution < 1.29 is 9.90 Å². The molecule has 0 spiro atoms. The minimum Gasteiger partial charge on any atom is -0.396 e. The van der Waals surface area contributed by atoms with Gasteiger partial charge in [-0.15, -0.1) is 0 Å². The summed E-state index contributed by atoms with van der Waals surface area (Å²) in [6.07, 6.45) is 0.636. The van der Waals surface area contributed by atoms with Gasteiger partial charge in [-0.2, -0.15) is 0 Å². The molecular formula is C12H16Cl2N2O2. The zero-order chi connectivity index (χ0) is 13.5. The van der Waals surface area contributed by atoms with Gasteiger partial charge < -0.3 is 10.4 Å². The average Bonchev–Trinajstić information content (AvgIpc) is 2.31. The SMILES string of the molecule is CN(CCCO)CC(=O)Nc1c(Cl)cccc1Cl. The molecule has 0 saturated carbocycles. The Balaban J connectivity index is 2.54. The summed E-state index contributed by atoms with van der Waals surface area (Å²) >= 11 is 11.9. The number of amides is 1. The molecule has 4 nitrogen and oxygen atoms in total. The molecule has 6 heteroatoms. The van der Waals surface area contributed by atoms with Crippen molar-refractivity contribution in [2.45, 2.75) is 6.42 Å². The number of likely N-dealkylation sites (N-methyl/N-ethyl adjacent to an activating group) is 1. The molecule has 0 fully saturated rings. The van der Waals surface area contributed by atoms with Crippen LogP contribution in [-0.4, -0.2) is 42.7 Å². The van der Waals surface area contributed by atoms with Crippen molar-refractivity contribution >= 4 is 34.8 Å². The Bertz CT molecular complexity index is 393. The second-order valence-corrected chi connectivity index (χ2v) is 4.77. The van der Waals surface area contributed by atoms with Crippen molar-refractivity contribution in [1.82, 2.24) is 4.90 Å². The molecule has 0 saturated heterocycles. The highest BCUT2D eigenvalue weighted by Gasteiger charge is 2.11. The Morgan fingerprint density at radius 3 is 2.56 bits per heavy atom. The molecule has 1 aromatic carbocycles. The van der Waals surface area contributed by atoms with Crippen LogP contribution in [0, 0.1) is 0 Å². The topological polar surface area (TPSA) is 52.6 Å². The Hall–Kier alpha value is -0.810. The summed E-state index contributed by atoms with van der Waals surface area (Å²) in [5.74, 6) is -0.189. The molecule has 0 radical (unpaired) electrons. The number of halogens is 2. The molecule has 0 heterocycles. The van der Waals surface area contributed by atoms with E-state index in [0.717, 1.165) is 0 Å². The largest absolute Gasteiger partial charge is 0.396 e.